The highest BCUT2D eigenvalue weighted by atomic mass is 79.9. The zero-order valence-electron chi connectivity index (χ0n) is 58.8. The molecule has 0 saturated carbocycles. The van der Waals surface area contributed by atoms with Gasteiger partial charge < -0.3 is 42.9 Å². The smallest absolute Gasteiger partial charge is 0.321 e. The molecule has 0 fully saturated rings. The number of benzene rings is 3. The Kier molecular flexibility index (Phi) is 61.1. The molecule has 0 aliphatic carbocycles. The van der Waals surface area contributed by atoms with Crippen LogP contribution in [0.25, 0.3) is 0 Å². The van der Waals surface area contributed by atoms with E-state index >= 15 is 0 Å². The van der Waals surface area contributed by atoms with Crippen LogP contribution in [0.5, 0.6) is 0 Å². The summed E-state index contributed by atoms with van der Waals surface area (Å²) in [5.41, 5.74) is 8.95. The second-order valence-electron chi connectivity index (χ2n) is 26.0. The molecule has 0 unspecified atom stereocenters. The van der Waals surface area contributed by atoms with E-state index in [1.165, 1.54) is 229 Å². The molecule has 5 N–H and O–H groups in total. The van der Waals surface area contributed by atoms with Crippen molar-refractivity contribution in [1.29, 1.82) is 0 Å². The van der Waals surface area contributed by atoms with E-state index in [1.807, 2.05) is 73.6 Å². The summed E-state index contributed by atoms with van der Waals surface area (Å²) < 4.78 is 0.721. The number of rotatable bonds is 51. The Morgan fingerprint density at radius 1 is 0.398 bits per heavy atom. The third-order valence-electron chi connectivity index (χ3n) is 17.3. The number of nitrogens with one attached hydrogen (secondary N) is 2. The van der Waals surface area contributed by atoms with Gasteiger partial charge in [-0.1, -0.05) is 324 Å². The number of carbonyl (C=O) groups excluding carboxylic acids is 2. The highest BCUT2D eigenvalue weighted by molar-refractivity contribution is 5.82. The molecule has 11 heteroatoms. The summed E-state index contributed by atoms with van der Waals surface area (Å²) in [6, 6.07) is 29.7. The van der Waals surface area contributed by atoms with Crippen molar-refractivity contribution in [2.75, 3.05) is 68.5 Å². The van der Waals surface area contributed by atoms with E-state index in [4.69, 9.17) is 10.8 Å². The molecule has 0 radical (unpaired) electrons. The van der Waals surface area contributed by atoms with Crippen LogP contribution in [0.4, 0.5) is 0 Å². The fraction of sp³-hybridized carbons (Fsp3) is 0.727. The SMILES string of the molecule is CCCCCCCCCCCCCCN.CCCCCCCCCCCCCCNC(=O)[C@H](Cc1ccccc1)N(C)C.CCCCCCCCCCCCCCNC(=O)[C@H](Cc1ccccc1)[N+](C)(C)CC.CN(C)[C@@H](Cc1ccccc1)C(=O)O.[Br-]. The second-order valence-corrected chi connectivity index (χ2v) is 26.0. The maximum Gasteiger partial charge on any atom is 0.321 e. The number of nitrogens with two attached hydrogens (primary N) is 1. The molecule has 2 amide bonds. The van der Waals surface area contributed by atoms with Gasteiger partial charge in [-0.05, 0) is 90.5 Å². The summed E-state index contributed by atoms with van der Waals surface area (Å²) in [5.74, 6) is -0.426. The van der Waals surface area contributed by atoms with Crippen molar-refractivity contribution in [3.8, 4) is 0 Å². The number of aliphatic carboxylic acids is 1. The number of unbranched alkanes of at least 4 members (excludes halogenated alkanes) is 33. The summed E-state index contributed by atoms with van der Waals surface area (Å²) in [5, 5.41) is 15.3. The number of carboxylic acids is 1. The van der Waals surface area contributed by atoms with Crippen molar-refractivity contribution in [3.63, 3.8) is 0 Å². The number of carbonyl (C=O) groups is 3. The van der Waals surface area contributed by atoms with Gasteiger partial charge in [0.15, 0.2) is 6.04 Å². The molecule has 3 rings (SSSR count). The first-order valence-electron chi connectivity index (χ1n) is 35.9. The minimum atomic E-state index is -0.779. The van der Waals surface area contributed by atoms with Gasteiger partial charge >= 0.3 is 5.97 Å². The first-order chi connectivity index (χ1) is 42.2. The minimum Gasteiger partial charge on any atom is -1.00 e. The average molecular weight is 1290 g/mol. The molecular weight excluding hydrogens is 1150 g/mol. The van der Waals surface area contributed by atoms with Crippen LogP contribution in [-0.4, -0.2) is 124 Å². The maximum absolute atomic E-state index is 12.9. The topological polar surface area (TPSA) is 128 Å². The van der Waals surface area contributed by atoms with Crippen LogP contribution in [0.3, 0.4) is 0 Å². The molecule has 0 aliphatic rings. The maximum atomic E-state index is 12.9. The highest BCUT2D eigenvalue weighted by Crippen LogP contribution is 2.17. The summed E-state index contributed by atoms with van der Waals surface area (Å²) >= 11 is 0. The molecule has 0 bridgehead atoms. The highest BCUT2D eigenvalue weighted by Gasteiger charge is 2.33. The van der Waals surface area contributed by atoms with E-state index in [-0.39, 0.29) is 40.9 Å². The molecule has 3 aromatic rings. The van der Waals surface area contributed by atoms with Crippen molar-refractivity contribution in [2.45, 2.75) is 296 Å². The van der Waals surface area contributed by atoms with Crippen LogP contribution in [0.15, 0.2) is 91.0 Å². The predicted octanol–water partition coefficient (Wildman–Crippen LogP) is 15.4. The molecule has 0 aliphatic heterocycles. The number of likely N-dealkylation sites (N-methyl/N-ethyl adjacent to an activating group) is 3. The molecule has 3 atom stereocenters. The van der Waals surface area contributed by atoms with Gasteiger partial charge in [0.1, 0.15) is 6.04 Å². The Balaban J connectivity index is 0. The van der Waals surface area contributed by atoms with Crippen LogP contribution >= 0.6 is 0 Å². The molecule has 10 nitrogen and oxygen atoms in total. The summed E-state index contributed by atoms with van der Waals surface area (Å²) in [7, 11) is 11.9. The molecule has 0 aromatic heterocycles. The number of hydrogen-bond acceptors (Lipinski definition) is 6. The summed E-state index contributed by atoms with van der Waals surface area (Å²) in [6.45, 7) is 12.4. The first-order valence-corrected chi connectivity index (χ1v) is 35.9. The van der Waals surface area contributed by atoms with Crippen LogP contribution < -0.4 is 33.3 Å². The lowest BCUT2D eigenvalue weighted by Crippen LogP contribution is -3.00. The third-order valence-corrected chi connectivity index (χ3v) is 17.3. The zero-order chi connectivity index (χ0) is 64.3. The fourth-order valence-electron chi connectivity index (χ4n) is 11.0. The van der Waals surface area contributed by atoms with Crippen molar-refractivity contribution < 1.29 is 41.0 Å². The second kappa shape index (κ2) is 62.2. The van der Waals surface area contributed by atoms with E-state index < -0.39 is 12.0 Å². The number of amides is 2. The van der Waals surface area contributed by atoms with Crippen molar-refractivity contribution in [3.05, 3.63) is 108 Å². The van der Waals surface area contributed by atoms with Gasteiger partial charge in [-0.15, -0.1) is 0 Å². The van der Waals surface area contributed by atoms with E-state index in [2.05, 4.69) is 88.8 Å². The number of hydrogen-bond donors (Lipinski definition) is 4. The van der Waals surface area contributed by atoms with Crippen LogP contribution in [0.2, 0.25) is 0 Å². The lowest BCUT2D eigenvalue weighted by molar-refractivity contribution is -0.904. The number of halogens is 1. The van der Waals surface area contributed by atoms with Gasteiger partial charge in [0.2, 0.25) is 5.91 Å². The molecule has 508 valence electrons. The Hall–Kier alpha value is -3.61. The van der Waals surface area contributed by atoms with Gasteiger partial charge in [-0.2, -0.15) is 0 Å². The van der Waals surface area contributed by atoms with Crippen LogP contribution in [0.1, 0.15) is 276 Å². The van der Waals surface area contributed by atoms with Crippen LogP contribution in [0, 0.1) is 0 Å². The zero-order valence-corrected chi connectivity index (χ0v) is 60.4. The fourth-order valence-corrected chi connectivity index (χ4v) is 11.0. The average Bonchev–Trinajstić information content (AvgIpc) is 1.92. The molecule has 3 aromatic carbocycles. The molecular formula is C77H139BrN6O4. The van der Waals surface area contributed by atoms with Gasteiger partial charge in [-0.25, -0.2) is 0 Å². The Morgan fingerprint density at radius 3 is 0.932 bits per heavy atom. The molecule has 0 spiro atoms. The normalized spacial score (nSPS) is 12.1. The largest absolute Gasteiger partial charge is 1.00 e. The van der Waals surface area contributed by atoms with Crippen molar-refractivity contribution in [1.82, 2.24) is 20.4 Å². The molecule has 0 saturated heterocycles. The quantitative estimate of drug-likeness (QED) is 0.0327. The Morgan fingerprint density at radius 2 is 0.659 bits per heavy atom. The van der Waals surface area contributed by atoms with E-state index in [0.29, 0.717) is 6.42 Å². The summed E-state index contributed by atoms with van der Waals surface area (Å²) in [4.78, 5) is 40.1. The van der Waals surface area contributed by atoms with Crippen LogP contribution in [-0.2, 0) is 33.6 Å². The monoisotopic (exact) mass is 1290 g/mol. The Labute approximate surface area is 554 Å². The van der Waals surface area contributed by atoms with Crippen molar-refractivity contribution >= 4 is 17.8 Å². The lowest BCUT2D eigenvalue weighted by atomic mass is 10.0. The predicted molar refractivity (Wildman–Crippen MR) is 378 cm³/mol. The Bertz CT molecular complexity index is 1950. The van der Waals surface area contributed by atoms with E-state index in [0.717, 1.165) is 61.9 Å². The van der Waals surface area contributed by atoms with E-state index in [9.17, 15) is 14.4 Å². The number of nitrogens with zero attached hydrogens (tertiary/aromatic N) is 3. The molecule has 88 heavy (non-hydrogen) atoms. The van der Waals surface area contributed by atoms with Crippen molar-refractivity contribution in [2.24, 2.45) is 5.73 Å². The van der Waals surface area contributed by atoms with Gasteiger partial charge in [0, 0.05) is 19.5 Å². The van der Waals surface area contributed by atoms with E-state index in [1.54, 1.807) is 19.0 Å². The number of carboxylic acid groups (broad SMARTS) is 1. The lowest BCUT2D eigenvalue weighted by Gasteiger charge is -2.36. The minimum absolute atomic E-state index is 0. The molecule has 0 heterocycles. The number of quaternary nitrogens is 1. The van der Waals surface area contributed by atoms with Gasteiger partial charge in [-0.3, -0.25) is 24.2 Å². The third kappa shape index (κ3) is 51.1. The standard InChI is InChI=1S/C27H48N2O.C25H44N2O.C14H31N.C11H15NO2.BrH/c1-5-7-8-9-10-11-12-13-14-15-16-20-23-28-27(30)26(29(3,4)6-2)24-25-21-18-17-19-22-25;1-4-5-6-7-8-9-10-11-12-13-14-18-21-26-25(28)24(27(2)3)22-23-19-16-15-17-20-23;1-2-3-4-5-6-7-8-9-10-11-12-13-14-15;1-12(2)10(11(13)14)8-9-6-4-3-5-7-9;/h17-19,21-22,26H,5-16,20,23-24H2,1-4H3;15-17,19-20,24H,4-14,18,21-22H2,1-3H3,(H,26,28);2-15H2,1H3;3-7,10H,8H2,1-2H3,(H,13,14);1H/t26-;24-;;10-;/m00.0./s1. The van der Waals surface area contributed by atoms with Gasteiger partial charge in [0.05, 0.1) is 26.7 Å². The summed E-state index contributed by atoms with van der Waals surface area (Å²) in [6.07, 6.45) is 51.3. The first kappa shape index (κ1) is 86.5. The van der Waals surface area contributed by atoms with Gasteiger partial charge in [0.25, 0.3) is 5.91 Å².